The summed E-state index contributed by atoms with van der Waals surface area (Å²) in [5, 5.41) is 17.3. The largest absolute Gasteiger partial charge is 0.348 e. The van der Waals surface area contributed by atoms with Crippen molar-refractivity contribution in [1.82, 2.24) is 15.2 Å². The molecule has 0 radical (unpaired) electrons. The minimum Gasteiger partial charge on any atom is -0.348 e. The summed E-state index contributed by atoms with van der Waals surface area (Å²) in [6.07, 6.45) is 5.23. The summed E-state index contributed by atoms with van der Waals surface area (Å²) in [7, 11) is 0. The van der Waals surface area contributed by atoms with Crippen molar-refractivity contribution in [3.05, 3.63) is 28.1 Å². The van der Waals surface area contributed by atoms with Gasteiger partial charge in [0.2, 0.25) is 0 Å². The number of hydrogen-bond acceptors (Lipinski definition) is 4. The number of nitrogens with one attached hydrogen (secondary N) is 2. The predicted octanol–water partition coefficient (Wildman–Crippen LogP) is 1.60. The van der Waals surface area contributed by atoms with Crippen molar-refractivity contribution in [2.45, 2.75) is 50.7 Å². The van der Waals surface area contributed by atoms with E-state index in [-0.39, 0.29) is 23.7 Å². The van der Waals surface area contributed by atoms with Gasteiger partial charge in [-0.1, -0.05) is 0 Å². The van der Waals surface area contributed by atoms with E-state index in [1.54, 1.807) is 4.57 Å². The van der Waals surface area contributed by atoms with Crippen LogP contribution in [-0.2, 0) is 0 Å². The summed E-state index contributed by atoms with van der Waals surface area (Å²) in [5.74, 6) is -0.200. The molecule has 1 saturated heterocycles. The first-order valence-electron chi connectivity index (χ1n) is 7.45. The van der Waals surface area contributed by atoms with Crippen molar-refractivity contribution in [3.8, 4) is 0 Å². The van der Waals surface area contributed by atoms with Crippen molar-refractivity contribution in [1.29, 1.82) is 0 Å². The number of rotatable bonds is 4. The van der Waals surface area contributed by atoms with Gasteiger partial charge in [0, 0.05) is 24.2 Å². The third-order valence-electron chi connectivity index (χ3n) is 4.18. The first-order valence-corrected chi connectivity index (χ1v) is 7.45. The van der Waals surface area contributed by atoms with Crippen molar-refractivity contribution in [2.24, 2.45) is 0 Å². The number of nitro groups is 1. The van der Waals surface area contributed by atoms with E-state index in [1.807, 2.05) is 0 Å². The fourth-order valence-electron chi connectivity index (χ4n) is 2.92. The monoisotopic (exact) mass is 292 g/mol. The molecule has 1 saturated carbocycles. The minimum absolute atomic E-state index is 0.00858. The van der Waals surface area contributed by atoms with Crippen LogP contribution in [-0.4, -0.2) is 34.0 Å². The average molecular weight is 292 g/mol. The van der Waals surface area contributed by atoms with Crippen LogP contribution in [0.15, 0.2) is 12.3 Å². The fraction of sp³-hybridized carbons (Fsp3) is 0.643. The Morgan fingerprint density at radius 1 is 1.48 bits per heavy atom. The van der Waals surface area contributed by atoms with Crippen LogP contribution in [0.1, 0.15) is 49.1 Å². The summed E-state index contributed by atoms with van der Waals surface area (Å²) in [4.78, 5) is 22.9. The van der Waals surface area contributed by atoms with Gasteiger partial charge in [-0.05, 0) is 39.2 Å². The van der Waals surface area contributed by atoms with E-state index in [0.717, 1.165) is 32.2 Å². The molecule has 1 aliphatic carbocycles. The van der Waals surface area contributed by atoms with E-state index in [1.165, 1.54) is 12.3 Å². The van der Waals surface area contributed by atoms with E-state index >= 15 is 0 Å². The highest BCUT2D eigenvalue weighted by Gasteiger charge is 2.31. The van der Waals surface area contributed by atoms with Crippen molar-refractivity contribution < 1.29 is 9.72 Å². The lowest BCUT2D eigenvalue weighted by Gasteiger charge is -2.28. The predicted molar refractivity (Wildman–Crippen MR) is 77.3 cm³/mol. The SMILES string of the molecule is CC1CC(NC(=O)c2cc([N+](=O)[O-])cn2C2CC2)CCN1. The van der Waals surface area contributed by atoms with Gasteiger partial charge in [0.15, 0.2) is 0 Å². The molecule has 21 heavy (non-hydrogen) atoms. The molecule has 2 unspecified atom stereocenters. The Labute approximate surface area is 122 Å². The molecule has 2 aliphatic rings. The van der Waals surface area contributed by atoms with Crippen LogP contribution in [0.25, 0.3) is 0 Å². The van der Waals surface area contributed by atoms with E-state index in [9.17, 15) is 14.9 Å². The molecule has 2 heterocycles. The molecular weight excluding hydrogens is 272 g/mol. The fourth-order valence-corrected chi connectivity index (χ4v) is 2.92. The summed E-state index contributed by atoms with van der Waals surface area (Å²) in [5.41, 5.74) is 0.404. The maximum absolute atomic E-state index is 12.4. The first kappa shape index (κ1) is 14.1. The highest BCUT2D eigenvalue weighted by molar-refractivity contribution is 5.93. The lowest BCUT2D eigenvalue weighted by atomic mass is 10.0. The Hall–Kier alpha value is -1.89. The Bertz CT molecular complexity index is 565. The maximum Gasteiger partial charge on any atom is 0.287 e. The second-order valence-electron chi connectivity index (χ2n) is 6.03. The second-order valence-corrected chi connectivity index (χ2v) is 6.03. The zero-order valence-corrected chi connectivity index (χ0v) is 12.0. The van der Waals surface area contributed by atoms with Crippen LogP contribution >= 0.6 is 0 Å². The van der Waals surface area contributed by atoms with E-state index in [2.05, 4.69) is 17.6 Å². The lowest BCUT2D eigenvalue weighted by molar-refractivity contribution is -0.384. The van der Waals surface area contributed by atoms with Gasteiger partial charge in [-0.15, -0.1) is 0 Å². The van der Waals surface area contributed by atoms with Crippen molar-refractivity contribution in [2.75, 3.05) is 6.54 Å². The Morgan fingerprint density at radius 2 is 2.24 bits per heavy atom. The summed E-state index contributed by atoms with van der Waals surface area (Å²) in [6.45, 7) is 2.98. The molecular formula is C14H20N4O3. The number of carbonyl (C=O) groups excluding carboxylic acids is 1. The quantitative estimate of drug-likeness (QED) is 0.651. The summed E-state index contributed by atoms with van der Waals surface area (Å²) < 4.78 is 1.76. The zero-order chi connectivity index (χ0) is 15.0. The van der Waals surface area contributed by atoms with Gasteiger partial charge < -0.3 is 15.2 Å². The van der Waals surface area contributed by atoms with Crippen LogP contribution < -0.4 is 10.6 Å². The molecule has 1 amide bonds. The molecule has 1 aromatic rings. The maximum atomic E-state index is 12.4. The van der Waals surface area contributed by atoms with Crippen LogP contribution in [0.3, 0.4) is 0 Å². The van der Waals surface area contributed by atoms with Crippen molar-refractivity contribution >= 4 is 11.6 Å². The van der Waals surface area contributed by atoms with E-state index < -0.39 is 4.92 Å². The number of nitrogens with zero attached hydrogens (tertiary/aromatic N) is 2. The standard InChI is InChI=1S/C14H20N4O3/c1-9-6-10(4-5-15-9)16-14(19)13-7-12(18(20)21)8-17(13)11-2-3-11/h7-11,15H,2-6H2,1H3,(H,16,19). The van der Waals surface area contributed by atoms with Gasteiger partial charge in [0.25, 0.3) is 11.6 Å². The Balaban J connectivity index is 1.75. The normalized spacial score (nSPS) is 25.6. The molecule has 0 bridgehead atoms. The molecule has 2 fully saturated rings. The third kappa shape index (κ3) is 3.07. The molecule has 2 atom stereocenters. The van der Waals surface area contributed by atoms with Crippen molar-refractivity contribution in [3.63, 3.8) is 0 Å². The first-order chi connectivity index (χ1) is 10.0. The number of piperidine rings is 1. The zero-order valence-electron chi connectivity index (χ0n) is 12.0. The molecule has 1 aromatic heterocycles. The number of hydrogen-bond donors (Lipinski definition) is 2. The van der Waals surface area contributed by atoms with Gasteiger partial charge >= 0.3 is 0 Å². The highest BCUT2D eigenvalue weighted by atomic mass is 16.6. The molecule has 3 rings (SSSR count). The molecule has 2 N–H and O–H groups in total. The smallest absolute Gasteiger partial charge is 0.287 e. The van der Waals surface area contributed by atoms with Gasteiger partial charge in [0.05, 0.1) is 11.1 Å². The van der Waals surface area contributed by atoms with Crippen LogP contribution in [0, 0.1) is 10.1 Å². The van der Waals surface area contributed by atoms with E-state index in [4.69, 9.17) is 0 Å². The summed E-state index contributed by atoms with van der Waals surface area (Å²) >= 11 is 0. The van der Waals surface area contributed by atoms with Crippen LogP contribution in [0.5, 0.6) is 0 Å². The van der Waals surface area contributed by atoms with Gasteiger partial charge in [-0.3, -0.25) is 14.9 Å². The highest BCUT2D eigenvalue weighted by Crippen LogP contribution is 2.37. The van der Waals surface area contributed by atoms with Gasteiger partial charge in [-0.25, -0.2) is 0 Å². The summed E-state index contributed by atoms with van der Waals surface area (Å²) in [6, 6.07) is 2.15. The molecule has 1 aliphatic heterocycles. The third-order valence-corrected chi connectivity index (χ3v) is 4.18. The molecule has 0 aromatic carbocycles. The topological polar surface area (TPSA) is 89.2 Å². The number of carbonyl (C=O) groups is 1. The second kappa shape index (κ2) is 5.48. The molecule has 0 spiro atoms. The molecule has 7 nitrogen and oxygen atoms in total. The molecule has 7 heteroatoms. The van der Waals surface area contributed by atoms with Crippen LogP contribution in [0.4, 0.5) is 5.69 Å². The van der Waals surface area contributed by atoms with E-state index in [0.29, 0.717) is 11.7 Å². The van der Waals surface area contributed by atoms with Crippen LogP contribution in [0.2, 0.25) is 0 Å². The number of aromatic nitrogens is 1. The average Bonchev–Trinajstić information content (AvgIpc) is 3.17. The molecule has 114 valence electrons. The Kier molecular flexibility index (Phi) is 3.67. The minimum atomic E-state index is -0.442. The lowest BCUT2D eigenvalue weighted by Crippen LogP contribution is -2.46. The Morgan fingerprint density at radius 3 is 2.86 bits per heavy atom. The van der Waals surface area contributed by atoms with Gasteiger partial charge in [-0.2, -0.15) is 0 Å². The number of amides is 1. The van der Waals surface area contributed by atoms with Gasteiger partial charge in [0.1, 0.15) is 5.69 Å².